The van der Waals surface area contributed by atoms with Crippen LogP contribution < -0.4 is 5.32 Å². The molecule has 0 aliphatic carbocycles. The van der Waals surface area contributed by atoms with E-state index < -0.39 is 5.97 Å². The Kier molecular flexibility index (Phi) is 6.35. The van der Waals surface area contributed by atoms with Crippen molar-refractivity contribution in [2.24, 2.45) is 0 Å². The van der Waals surface area contributed by atoms with Gasteiger partial charge in [0.05, 0.1) is 11.8 Å². The van der Waals surface area contributed by atoms with Crippen molar-refractivity contribution >= 4 is 45.9 Å². The smallest absolute Gasteiger partial charge is 0.316 e. The summed E-state index contributed by atoms with van der Waals surface area (Å²) in [4.78, 5) is 24.9. The summed E-state index contributed by atoms with van der Waals surface area (Å²) in [6.07, 6.45) is 0. The van der Waals surface area contributed by atoms with Gasteiger partial charge in [0.15, 0.2) is 6.61 Å². The van der Waals surface area contributed by atoms with Crippen LogP contribution >= 0.6 is 23.1 Å². The molecule has 0 unspecified atom stereocenters. The zero-order valence-electron chi connectivity index (χ0n) is 14.3. The molecule has 3 rings (SSSR count). The summed E-state index contributed by atoms with van der Waals surface area (Å²) in [5.41, 5.74) is 0.776. The molecule has 0 aliphatic heterocycles. The number of fused-ring (bicyclic) bond motifs is 1. The third-order valence-electron chi connectivity index (χ3n) is 3.66. The number of esters is 1. The number of thiophene rings is 1. The van der Waals surface area contributed by atoms with Gasteiger partial charge >= 0.3 is 5.97 Å². The third-order valence-corrected chi connectivity index (χ3v) is 5.67. The maximum Gasteiger partial charge on any atom is 0.316 e. The molecule has 0 bridgehead atoms. The maximum atomic E-state index is 12.0. The molecule has 7 heteroatoms. The molecule has 2 heterocycles. The van der Waals surface area contributed by atoms with Gasteiger partial charge in [-0.3, -0.25) is 9.59 Å². The molecule has 136 valence electrons. The minimum absolute atomic E-state index is 0.226. The van der Waals surface area contributed by atoms with Gasteiger partial charge in [0.2, 0.25) is 0 Å². The Morgan fingerprint density at radius 2 is 2.12 bits per heavy atom. The summed E-state index contributed by atoms with van der Waals surface area (Å²) < 4.78 is 10.7. The Labute approximate surface area is 159 Å². The van der Waals surface area contributed by atoms with Gasteiger partial charge in [-0.1, -0.05) is 24.3 Å². The summed E-state index contributed by atoms with van der Waals surface area (Å²) in [6.45, 7) is 1.54. The zero-order chi connectivity index (χ0) is 18.4. The van der Waals surface area contributed by atoms with Crippen molar-refractivity contribution in [3.63, 3.8) is 0 Å². The molecule has 3 aromatic rings. The largest absolute Gasteiger partial charge is 0.459 e. The van der Waals surface area contributed by atoms with Gasteiger partial charge in [-0.05, 0) is 30.5 Å². The van der Waals surface area contributed by atoms with Gasteiger partial charge in [-0.2, -0.15) is 0 Å². The molecular weight excluding hydrogens is 370 g/mol. The number of furan rings is 1. The van der Waals surface area contributed by atoms with E-state index in [4.69, 9.17) is 9.15 Å². The molecule has 0 spiro atoms. The first-order valence-electron chi connectivity index (χ1n) is 8.15. The molecule has 1 amide bonds. The highest BCUT2D eigenvalue weighted by Crippen LogP contribution is 2.23. The van der Waals surface area contributed by atoms with Crippen molar-refractivity contribution in [2.75, 3.05) is 12.4 Å². The summed E-state index contributed by atoms with van der Waals surface area (Å²) in [5.74, 6) is 0.914. The lowest BCUT2D eigenvalue weighted by molar-refractivity contribution is -0.146. The number of hydrogen-bond acceptors (Lipinski definition) is 6. The van der Waals surface area contributed by atoms with E-state index in [1.54, 1.807) is 11.3 Å². The zero-order valence-corrected chi connectivity index (χ0v) is 15.9. The second-order valence-electron chi connectivity index (χ2n) is 5.71. The van der Waals surface area contributed by atoms with Crippen LogP contribution in [0, 0.1) is 0 Å². The van der Waals surface area contributed by atoms with E-state index >= 15 is 0 Å². The van der Waals surface area contributed by atoms with E-state index in [-0.39, 0.29) is 24.3 Å². The monoisotopic (exact) mass is 389 g/mol. The number of nitrogens with one attached hydrogen (secondary N) is 1. The molecule has 2 aromatic heterocycles. The molecule has 1 atom stereocenters. The van der Waals surface area contributed by atoms with Crippen molar-refractivity contribution in [2.45, 2.75) is 18.7 Å². The second kappa shape index (κ2) is 8.91. The highest BCUT2D eigenvalue weighted by Gasteiger charge is 2.15. The second-order valence-corrected chi connectivity index (χ2v) is 7.73. The molecule has 0 fully saturated rings. The first kappa shape index (κ1) is 18.5. The van der Waals surface area contributed by atoms with E-state index in [0.29, 0.717) is 5.76 Å². The standard InChI is InChI=1S/C19H19NO4S2/c1-13(17-9-14-5-2-3-7-16(14)24-17)20-18(21)10-23-19(22)12-25-11-15-6-4-8-26-15/h2-9,13H,10-12H2,1H3,(H,20,21)/t13-/m0/s1. The lowest BCUT2D eigenvalue weighted by atomic mass is 10.2. The summed E-state index contributed by atoms with van der Waals surface area (Å²) in [5, 5.41) is 5.76. The van der Waals surface area contributed by atoms with E-state index in [1.165, 1.54) is 16.6 Å². The average Bonchev–Trinajstić information content (AvgIpc) is 3.29. The maximum absolute atomic E-state index is 12.0. The van der Waals surface area contributed by atoms with Crippen molar-refractivity contribution in [3.05, 3.63) is 58.5 Å². The molecule has 0 saturated heterocycles. The predicted octanol–water partition coefficient (Wildman–Crippen LogP) is 4.15. The highest BCUT2D eigenvalue weighted by atomic mass is 32.2. The Bertz CT molecular complexity index is 840. The predicted molar refractivity (Wildman–Crippen MR) is 104 cm³/mol. The molecule has 0 saturated carbocycles. The summed E-state index contributed by atoms with van der Waals surface area (Å²) >= 11 is 3.13. The Morgan fingerprint density at radius 3 is 2.88 bits per heavy atom. The first-order valence-corrected chi connectivity index (χ1v) is 10.2. The quantitative estimate of drug-likeness (QED) is 0.586. The summed E-state index contributed by atoms with van der Waals surface area (Å²) in [7, 11) is 0. The topological polar surface area (TPSA) is 68.5 Å². The number of amides is 1. The van der Waals surface area contributed by atoms with Crippen LogP contribution in [0.1, 0.15) is 23.6 Å². The van der Waals surface area contributed by atoms with Crippen LogP contribution in [0.3, 0.4) is 0 Å². The first-order chi connectivity index (χ1) is 12.6. The lowest BCUT2D eigenvalue weighted by Crippen LogP contribution is -2.31. The fraction of sp³-hybridized carbons (Fsp3) is 0.263. The number of carbonyl (C=O) groups is 2. The SMILES string of the molecule is C[C@H](NC(=O)COC(=O)CSCc1cccs1)c1cc2ccccc2o1. The highest BCUT2D eigenvalue weighted by molar-refractivity contribution is 7.99. The number of thioether (sulfide) groups is 1. The molecule has 1 N–H and O–H groups in total. The minimum Gasteiger partial charge on any atom is -0.459 e. The van der Waals surface area contributed by atoms with E-state index in [0.717, 1.165) is 16.7 Å². The molecule has 0 radical (unpaired) electrons. The fourth-order valence-corrected chi connectivity index (χ4v) is 4.05. The van der Waals surface area contributed by atoms with Crippen LogP contribution in [0.2, 0.25) is 0 Å². The van der Waals surface area contributed by atoms with Crippen LogP contribution in [0.15, 0.2) is 52.3 Å². The molecule has 5 nitrogen and oxygen atoms in total. The van der Waals surface area contributed by atoms with Crippen LogP contribution in [-0.4, -0.2) is 24.2 Å². The van der Waals surface area contributed by atoms with E-state index in [9.17, 15) is 9.59 Å². The van der Waals surface area contributed by atoms with Gasteiger partial charge in [0.1, 0.15) is 11.3 Å². The molecule has 1 aromatic carbocycles. The molecular formula is C19H19NO4S2. The molecule has 0 aliphatic rings. The van der Waals surface area contributed by atoms with Crippen LogP contribution in [0.25, 0.3) is 11.0 Å². The van der Waals surface area contributed by atoms with E-state index in [1.807, 2.05) is 54.8 Å². The third kappa shape index (κ3) is 5.12. The number of ether oxygens (including phenoxy) is 1. The van der Waals surface area contributed by atoms with Gasteiger partial charge in [-0.25, -0.2) is 0 Å². The molecule has 26 heavy (non-hydrogen) atoms. The average molecular weight is 389 g/mol. The number of benzene rings is 1. The van der Waals surface area contributed by atoms with Gasteiger partial charge in [-0.15, -0.1) is 23.1 Å². The Balaban J connectivity index is 1.39. The van der Waals surface area contributed by atoms with Crippen molar-refractivity contribution < 1.29 is 18.7 Å². The van der Waals surface area contributed by atoms with Crippen LogP contribution in [0.5, 0.6) is 0 Å². The van der Waals surface area contributed by atoms with Gasteiger partial charge < -0.3 is 14.5 Å². The Morgan fingerprint density at radius 1 is 1.27 bits per heavy atom. The van der Waals surface area contributed by atoms with Gasteiger partial charge in [0, 0.05) is 16.0 Å². The number of hydrogen-bond donors (Lipinski definition) is 1. The van der Waals surface area contributed by atoms with Crippen molar-refractivity contribution in [3.8, 4) is 0 Å². The minimum atomic E-state index is -0.391. The lowest BCUT2D eigenvalue weighted by Gasteiger charge is -2.11. The summed E-state index contributed by atoms with van der Waals surface area (Å²) in [6, 6.07) is 13.3. The van der Waals surface area contributed by atoms with Crippen LogP contribution in [0.4, 0.5) is 0 Å². The van der Waals surface area contributed by atoms with Crippen molar-refractivity contribution in [1.29, 1.82) is 0 Å². The van der Waals surface area contributed by atoms with Gasteiger partial charge in [0.25, 0.3) is 5.91 Å². The number of carbonyl (C=O) groups excluding carboxylic acids is 2. The number of para-hydroxylation sites is 1. The van der Waals surface area contributed by atoms with E-state index in [2.05, 4.69) is 5.32 Å². The van der Waals surface area contributed by atoms with Crippen molar-refractivity contribution in [1.82, 2.24) is 5.32 Å². The fourth-order valence-electron chi connectivity index (χ4n) is 2.39. The number of rotatable bonds is 8. The van der Waals surface area contributed by atoms with Crippen LogP contribution in [-0.2, 0) is 20.1 Å². The normalized spacial score (nSPS) is 12.0. The Hall–Kier alpha value is -2.25.